The van der Waals surface area contributed by atoms with Crippen molar-refractivity contribution in [3.05, 3.63) is 119 Å². The zero-order valence-corrected chi connectivity index (χ0v) is 26.0. The first-order valence-electron chi connectivity index (χ1n) is 14.0. The Kier molecular flexibility index (Phi) is 9.60. The summed E-state index contributed by atoms with van der Waals surface area (Å²) in [6.07, 6.45) is 2.98. The number of carbonyl (C=O) groups excluding carboxylic acids is 1. The Morgan fingerprint density at radius 1 is 0.791 bits per heavy atom. The molecular weight excluding hydrogens is 603 g/mol. The molecule has 0 unspecified atom stereocenters. The van der Waals surface area contributed by atoms with Gasteiger partial charge in [-0.2, -0.15) is 0 Å². The van der Waals surface area contributed by atoms with Crippen LogP contribution in [0.1, 0.15) is 12.5 Å². The van der Waals surface area contributed by atoms with E-state index in [2.05, 4.69) is 39.4 Å². The van der Waals surface area contributed by atoms with E-state index in [1.807, 2.05) is 30.3 Å². The van der Waals surface area contributed by atoms with Gasteiger partial charge in [0.25, 0.3) is 10.0 Å². The van der Waals surface area contributed by atoms with E-state index in [0.717, 1.165) is 31.9 Å². The summed E-state index contributed by atoms with van der Waals surface area (Å²) in [7, 11) is -4.08. The van der Waals surface area contributed by atoms with Crippen LogP contribution in [0.15, 0.2) is 108 Å². The number of carbonyl (C=O) groups is 1. The Labute approximate surface area is 263 Å². The van der Waals surface area contributed by atoms with E-state index in [-0.39, 0.29) is 27.4 Å². The lowest BCUT2D eigenvalue weighted by Gasteiger charge is -2.37. The number of piperazine rings is 1. The van der Waals surface area contributed by atoms with Crippen molar-refractivity contribution in [1.82, 2.24) is 0 Å². The number of nitrogens with one attached hydrogen (secondary N) is 1. The molecule has 1 aliphatic heterocycles. The van der Waals surface area contributed by atoms with Crippen LogP contribution in [0.2, 0.25) is 10.0 Å². The summed E-state index contributed by atoms with van der Waals surface area (Å²) < 4.78 is 28.4. The molecule has 0 saturated carbocycles. The average molecular weight is 636 g/mol. The second-order valence-corrected chi connectivity index (χ2v) is 12.6. The van der Waals surface area contributed by atoms with Gasteiger partial charge in [0.15, 0.2) is 0 Å². The molecule has 0 bridgehead atoms. The maximum Gasteiger partial charge on any atom is 0.267 e. The van der Waals surface area contributed by atoms with Crippen molar-refractivity contribution in [2.24, 2.45) is 0 Å². The molecule has 0 aliphatic carbocycles. The quantitative estimate of drug-likeness (QED) is 0.197. The molecule has 0 radical (unpaired) electrons. The number of rotatable bonds is 9. The normalized spacial score (nSPS) is 13.7. The van der Waals surface area contributed by atoms with Crippen LogP contribution in [0.5, 0.6) is 0 Å². The Bertz CT molecular complexity index is 1690. The van der Waals surface area contributed by atoms with E-state index >= 15 is 0 Å². The fraction of sp³-hybridized carbons (Fsp3) is 0.182. The van der Waals surface area contributed by atoms with Crippen molar-refractivity contribution < 1.29 is 13.2 Å². The van der Waals surface area contributed by atoms with E-state index in [4.69, 9.17) is 23.2 Å². The van der Waals surface area contributed by atoms with Crippen LogP contribution in [-0.2, 0) is 14.8 Å². The molecule has 222 valence electrons. The summed E-state index contributed by atoms with van der Waals surface area (Å²) in [5, 5.41) is 2.97. The maximum atomic E-state index is 13.6. The van der Waals surface area contributed by atoms with Gasteiger partial charge in [0.1, 0.15) is 4.90 Å². The predicted molar refractivity (Wildman–Crippen MR) is 178 cm³/mol. The SMILES string of the molecule is CCN(c1ccccc1/C=C/C(=O)Nc1ccc(N2CCN(c3ccccc3)CC2)cc1)S(=O)(=O)c1c(Cl)cccc1Cl. The first-order chi connectivity index (χ1) is 20.8. The van der Waals surface area contributed by atoms with Gasteiger partial charge < -0.3 is 15.1 Å². The van der Waals surface area contributed by atoms with Crippen molar-refractivity contribution in [3.8, 4) is 0 Å². The van der Waals surface area contributed by atoms with E-state index in [0.29, 0.717) is 16.9 Å². The van der Waals surface area contributed by atoms with Gasteiger partial charge in [0, 0.05) is 55.9 Å². The molecule has 4 aromatic carbocycles. The smallest absolute Gasteiger partial charge is 0.267 e. The van der Waals surface area contributed by atoms with Crippen molar-refractivity contribution in [2.75, 3.05) is 52.1 Å². The Morgan fingerprint density at radius 2 is 1.35 bits per heavy atom. The molecule has 1 N–H and O–H groups in total. The Balaban J connectivity index is 1.24. The number of sulfonamides is 1. The first-order valence-corrected chi connectivity index (χ1v) is 16.2. The van der Waals surface area contributed by atoms with E-state index in [1.54, 1.807) is 43.3 Å². The highest BCUT2D eigenvalue weighted by atomic mass is 35.5. The minimum absolute atomic E-state index is 0.0406. The highest BCUT2D eigenvalue weighted by Gasteiger charge is 2.29. The fourth-order valence-electron chi connectivity index (χ4n) is 5.13. The van der Waals surface area contributed by atoms with E-state index in [1.165, 1.54) is 28.2 Å². The predicted octanol–water partition coefficient (Wildman–Crippen LogP) is 7.19. The first kappa shape index (κ1) is 30.5. The van der Waals surface area contributed by atoms with Crippen LogP contribution in [0.4, 0.5) is 22.7 Å². The minimum Gasteiger partial charge on any atom is -0.368 e. The van der Waals surface area contributed by atoms with Crippen LogP contribution in [0, 0.1) is 0 Å². The third-order valence-corrected chi connectivity index (χ3v) is 10.1. The minimum atomic E-state index is -4.08. The van der Waals surface area contributed by atoms with Crippen LogP contribution >= 0.6 is 23.2 Å². The van der Waals surface area contributed by atoms with Gasteiger partial charge in [-0.05, 0) is 73.2 Å². The second-order valence-electron chi connectivity index (χ2n) is 9.96. The lowest BCUT2D eigenvalue weighted by atomic mass is 10.1. The number of halogens is 2. The Morgan fingerprint density at radius 3 is 1.95 bits per heavy atom. The number of amides is 1. The number of para-hydroxylation sites is 2. The van der Waals surface area contributed by atoms with Gasteiger partial charge in [0.05, 0.1) is 15.7 Å². The van der Waals surface area contributed by atoms with Gasteiger partial charge in [-0.25, -0.2) is 8.42 Å². The molecule has 0 spiro atoms. The standard InChI is InChI=1S/C33H32Cl2N4O3S/c1-2-39(43(41,42)33-29(34)12-8-13-30(33)35)31-14-7-6-9-25(31)15-20-32(40)36-26-16-18-28(19-17-26)38-23-21-37(22-24-38)27-10-4-3-5-11-27/h3-20H,2,21-24H2,1H3,(H,36,40)/b20-15+. The molecule has 1 heterocycles. The molecular formula is C33H32Cl2N4O3S. The summed E-state index contributed by atoms with van der Waals surface area (Å²) in [6, 6.07) is 29.7. The van der Waals surface area contributed by atoms with Gasteiger partial charge in [-0.3, -0.25) is 9.10 Å². The highest BCUT2D eigenvalue weighted by molar-refractivity contribution is 7.93. The summed E-state index contributed by atoms with van der Waals surface area (Å²) in [5.74, 6) is -0.334. The lowest BCUT2D eigenvalue weighted by Crippen LogP contribution is -2.46. The van der Waals surface area contributed by atoms with Gasteiger partial charge in [-0.15, -0.1) is 0 Å². The van der Waals surface area contributed by atoms with Crippen molar-refractivity contribution in [2.45, 2.75) is 11.8 Å². The molecule has 0 aromatic heterocycles. The third-order valence-electron chi connectivity index (χ3n) is 7.27. The molecule has 5 rings (SSSR count). The van der Waals surface area contributed by atoms with Crippen LogP contribution in [-0.4, -0.2) is 47.0 Å². The highest BCUT2D eigenvalue weighted by Crippen LogP contribution is 2.35. The summed E-state index contributed by atoms with van der Waals surface area (Å²) in [4.78, 5) is 17.4. The maximum absolute atomic E-state index is 13.6. The third kappa shape index (κ3) is 6.99. The molecule has 1 fully saturated rings. The number of benzene rings is 4. The molecule has 43 heavy (non-hydrogen) atoms. The molecule has 0 atom stereocenters. The van der Waals surface area contributed by atoms with Gasteiger partial charge in [0.2, 0.25) is 5.91 Å². The largest absolute Gasteiger partial charge is 0.368 e. The number of hydrogen-bond donors (Lipinski definition) is 1. The zero-order chi connectivity index (χ0) is 30.4. The van der Waals surface area contributed by atoms with Gasteiger partial charge in [-0.1, -0.05) is 65.7 Å². The van der Waals surface area contributed by atoms with E-state index < -0.39 is 10.0 Å². The molecule has 10 heteroatoms. The van der Waals surface area contributed by atoms with Crippen molar-refractivity contribution in [3.63, 3.8) is 0 Å². The second kappa shape index (κ2) is 13.5. The zero-order valence-electron chi connectivity index (χ0n) is 23.7. The van der Waals surface area contributed by atoms with Crippen LogP contribution in [0.3, 0.4) is 0 Å². The lowest BCUT2D eigenvalue weighted by molar-refractivity contribution is -0.111. The van der Waals surface area contributed by atoms with E-state index in [9.17, 15) is 13.2 Å². The summed E-state index contributed by atoms with van der Waals surface area (Å²) in [5.41, 5.74) is 3.97. The van der Waals surface area contributed by atoms with Crippen LogP contribution in [0.25, 0.3) is 6.08 Å². The Hall–Kier alpha value is -3.98. The summed E-state index contributed by atoms with van der Waals surface area (Å²) >= 11 is 12.5. The monoisotopic (exact) mass is 634 g/mol. The number of nitrogens with zero attached hydrogens (tertiary/aromatic N) is 3. The summed E-state index contributed by atoms with van der Waals surface area (Å²) in [6.45, 7) is 5.57. The van der Waals surface area contributed by atoms with Crippen molar-refractivity contribution >= 4 is 68.0 Å². The molecule has 1 amide bonds. The molecule has 1 saturated heterocycles. The fourth-order valence-corrected chi connectivity index (χ4v) is 7.73. The topological polar surface area (TPSA) is 73.0 Å². The van der Waals surface area contributed by atoms with Crippen LogP contribution < -0.4 is 19.4 Å². The number of anilines is 4. The van der Waals surface area contributed by atoms with Crippen molar-refractivity contribution in [1.29, 1.82) is 0 Å². The molecule has 7 nitrogen and oxygen atoms in total. The van der Waals surface area contributed by atoms with Gasteiger partial charge >= 0.3 is 0 Å². The molecule has 4 aromatic rings. The number of hydrogen-bond acceptors (Lipinski definition) is 5. The molecule has 1 aliphatic rings. The average Bonchev–Trinajstić information content (AvgIpc) is 3.01.